The van der Waals surface area contributed by atoms with E-state index >= 15 is 0 Å². The molecule has 0 radical (unpaired) electrons. The second-order valence-electron chi connectivity index (χ2n) is 9.89. The highest BCUT2D eigenvalue weighted by Crippen LogP contribution is 2.38. The monoisotopic (exact) mass is 636 g/mol. The number of aromatic hydroxyl groups is 1. The van der Waals surface area contributed by atoms with E-state index < -0.39 is 11.7 Å². The first kappa shape index (κ1) is 30.2. The molecule has 0 spiro atoms. The molecule has 1 aliphatic rings. The molecule has 220 valence electrons. The number of ether oxygens (including phenoxy) is 1. The summed E-state index contributed by atoms with van der Waals surface area (Å²) >= 11 is 18.3. The standard InChI is InChI=1S/C30H26Cl3F3N4O2/c31-23-6-4-19(5-7-23)8-13-42-29-27(17-26(37-38-29)21-15-24(32)28(41)25(33)16-21)40-11-9-39(10-12-40)18-20-2-1-3-22(14-20)30(34,35)36/h1-7,14-17,41H,8-13,18H2. The Bertz CT molecular complexity index is 1520. The number of phenols is 1. The van der Waals surface area contributed by atoms with E-state index in [-0.39, 0.29) is 15.8 Å². The SMILES string of the molecule is Oc1c(Cl)cc(-c2cc(N3CCN(Cc4cccc(C(F)(F)F)c4)CC3)c(OCCc3ccc(Cl)cc3)nn2)cc1Cl. The van der Waals surface area contributed by atoms with Crippen molar-refractivity contribution in [3.8, 4) is 22.9 Å². The van der Waals surface area contributed by atoms with Crippen LogP contribution in [0, 0.1) is 0 Å². The van der Waals surface area contributed by atoms with Gasteiger partial charge in [0, 0.05) is 49.7 Å². The van der Waals surface area contributed by atoms with Crippen molar-refractivity contribution < 1.29 is 23.0 Å². The van der Waals surface area contributed by atoms with Crippen molar-refractivity contribution in [2.45, 2.75) is 19.1 Å². The van der Waals surface area contributed by atoms with E-state index in [1.807, 2.05) is 30.3 Å². The highest BCUT2D eigenvalue weighted by atomic mass is 35.5. The number of anilines is 1. The first-order chi connectivity index (χ1) is 20.1. The van der Waals surface area contributed by atoms with E-state index in [0.29, 0.717) is 73.5 Å². The molecule has 5 rings (SSSR count). The van der Waals surface area contributed by atoms with Crippen LogP contribution >= 0.6 is 34.8 Å². The molecule has 0 atom stereocenters. The van der Waals surface area contributed by atoms with Crippen LogP contribution in [0.2, 0.25) is 15.1 Å². The molecule has 0 saturated carbocycles. The summed E-state index contributed by atoms with van der Waals surface area (Å²) in [5.41, 5.74) is 2.80. The maximum absolute atomic E-state index is 13.2. The van der Waals surface area contributed by atoms with Crippen molar-refractivity contribution >= 4 is 40.5 Å². The molecule has 0 aliphatic carbocycles. The number of hydrogen-bond acceptors (Lipinski definition) is 6. The topological polar surface area (TPSA) is 61.7 Å². The van der Waals surface area contributed by atoms with Gasteiger partial charge in [0.15, 0.2) is 5.75 Å². The minimum absolute atomic E-state index is 0.0901. The lowest BCUT2D eigenvalue weighted by Crippen LogP contribution is -2.46. The van der Waals surface area contributed by atoms with Crippen molar-refractivity contribution in [3.05, 3.63) is 98.5 Å². The Labute approximate surface area is 256 Å². The van der Waals surface area contributed by atoms with Gasteiger partial charge in [0.05, 0.1) is 27.9 Å². The molecule has 0 bridgehead atoms. The number of rotatable bonds is 8. The summed E-state index contributed by atoms with van der Waals surface area (Å²) < 4.78 is 45.6. The molecule has 2 heterocycles. The lowest BCUT2D eigenvalue weighted by atomic mass is 10.1. The average Bonchev–Trinajstić information content (AvgIpc) is 2.97. The average molecular weight is 638 g/mol. The van der Waals surface area contributed by atoms with Crippen LogP contribution in [0.3, 0.4) is 0 Å². The van der Waals surface area contributed by atoms with Crippen LogP contribution in [0.25, 0.3) is 11.3 Å². The molecule has 1 N–H and O–H groups in total. The van der Waals surface area contributed by atoms with Crippen LogP contribution in [-0.2, 0) is 19.1 Å². The molecule has 0 amide bonds. The van der Waals surface area contributed by atoms with Gasteiger partial charge in [-0.2, -0.15) is 13.2 Å². The van der Waals surface area contributed by atoms with Crippen LogP contribution < -0.4 is 9.64 Å². The Morgan fingerprint density at radius 3 is 2.19 bits per heavy atom. The first-order valence-corrected chi connectivity index (χ1v) is 14.3. The number of hydrogen-bond donors (Lipinski definition) is 1. The van der Waals surface area contributed by atoms with Crippen molar-refractivity contribution in [3.63, 3.8) is 0 Å². The van der Waals surface area contributed by atoms with Gasteiger partial charge in [0.1, 0.15) is 5.69 Å². The smallest absolute Gasteiger partial charge is 0.416 e. The Balaban J connectivity index is 1.33. The molecule has 6 nitrogen and oxygen atoms in total. The molecular weight excluding hydrogens is 612 g/mol. The number of phenolic OH excluding ortho intramolecular Hbond substituents is 1. The molecule has 1 aromatic heterocycles. The fraction of sp³-hybridized carbons (Fsp3) is 0.267. The zero-order valence-electron chi connectivity index (χ0n) is 22.2. The van der Waals surface area contributed by atoms with Crippen LogP contribution in [0.4, 0.5) is 18.9 Å². The van der Waals surface area contributed by atoms with Gasteiger partial charge in [-0.15, -0.1) is 10.2 Å². The molecule has 1 aliphatic heterocycles. The number of alkyl halides is 3. The third-order valence-electron chi connectivity index (χ3n) is 6.97. The van der Waals surface area contributed by atoms with Gasteiger partial charge in [0.2, 0.25) is 0 Å². The summed E-state index contributed by atoms with van der Waals surface area (Å²) in [4.78, 5) is 4.23. The molecule has 0 unspecified atom stereocenters. The maximum atomic E-state index is 13.2. The third-order valence-corrected chi connectivity index (χ3v) is 7.80. The van der Waals surface area contributed by atoms with Crippen LogP contribution in [0.5, 0.6) is 11.6 Å². The van der Waals surface area contributed by atoms with Gasteiger partial charge in [-0.25, -0.2) is 0 Å². The van der Waals surface area contributed by atoms with Gasteiger partial charge >= 0.3 is 6.18 Å². The molecule has 1 fully saturated rings. The minimum atomic E-state index is -4.38. The normalized spacial score (nSPS) is 14.3. The van der Waals surface area contributed by atoms with Gasteiger partial charge in [-0.05, 0) is 47.5 Å². The van der Waals surface area contributed by atoms with Gasteiger partial charge in [-0.1, -0.05) is 65.1 Å². The lowest BCUT2D eigenvalue weighted by molar-refractivity contribution is -0.137. The maximum Gasteiger partial charge on any atom is 0.416 e. The number of halogens is 6. The molecule has 3 aromatic carbocycles. The Kier molecular flexibility index (Phi) is 9.32. The van der Waals surface area contributed by atoms with E-state index in [9.17, 15) is 18.3 Å². The Morgan fingerprint density at radius 2 is 1.52 bits per heavy atom. The van der Waals surface area contributed by atoms with E-state index in [1.165, 1.54) is 12.1 Å². The largest absolute Gasteiger partial charge is 0.505 e. The fourth-order valence-corrected chi connectivity index (χ4v) is 5.34. The van der Waals surface area contributed by atoms with Crippen molar-refractivity contribution in [1.82, 2.24) is 15.1 Å². The quantitative estimate of drug-likeness (QED) is 0.213. The van der Waals surface area contributed by atoms with Gasteiger partial charge in [-0.3, -0.25) is 4.90 Å². The molecule has 12 heteroatoms. The van der Waals surface area contributed by atoms with E-state index in [4.69, 9.17) is 39.5 Å². The predicted octanol–water partition coefficient (Wildman–Crippen LogP) is 7.77. The molecule has 4 aromatic rings. The zero-order valence-corrected chi connectivity index (χ0v) is 24.5. The Morgan fingerprint density at radius 1 is 0.833 bits per heavy atom. The zero-order chi connectivity index (χ0) is 29.9. The highest BCUT2D eigenvalue weighted by Gasteiger charge is 2.30. The second kappa shape index (κ2) is 13.0. The number of benzene rings is 3. The first-order valence-electron chi connectivity index (χ1n) is 13.1. The summed E-state index contributed by atoms with van der Waals surface area (Å²) in [7, 11) is 0. The van der Waals surface area contributed by atoms with Crippen LogP contribution in [0.15, 0.2) is 66.7 Å². The number of nitrogens with zero attached hydrogens (tertiary/aromatic N) is 4. The van der Waals surface area contributed by atoms with Crippen molar-refractivity contribution in [2.75, 3.05) is 37.7 Å². The fourth-order valence-electron chi connectivity index (χ4n) is 4.72. The Hall–Kier alpha value is -3.24. The van der Waals surface area contributed by atoms with Gasteiger partial charge < -0.3 is 14.7 Å². The summed E-state index contributed by atoms with van der Waals surface area (Å²) in [6.07, 6.45) is -3.75. The number of aromatic nitrogens is 2. The van der Waals surface area contributed by atoms with E-state index in [2.05, 4.69) is 20.0 Å². The third kappa shape index (κ3) is 7.39. The summed E-state index contributed by atoms with van der Waals surface area (Å²) in [6, 6.07) is 17.9. The molecule has 42 heavy (non-hydrogen) atoms. The molecule has 1 saturated heterocycles. The van der Waals surface area contributed by atoms with E-state index in [0.717, 1.165) is 17.3 Å². The minimum Gasteiger partial charge on any atom is -0.505 e. The highest BCUT2D eigenvalue weighted by molar-refractivity contribution is 6.37. The van der Waals surface area contributed by atoms with Crippen molar-refractivity contribution in [1.29, 1.82) is 0 Å². The van der Waals surface area contributed by atoms with E-state index in [1.54, 1.807) is 18.2 Å². The van der Waals surface area contributed by atoms with Crippen LogP contribution in [0.1, 0.15) is 16.7 Å². The van der Waals surface area contributed by atoms with Crippen LogP contribution in [-0.4, -0.2) is 53.0 Å². The lowest BCUT2D eigenvalue weighted by Gasteiger charge is -2.36. The number of piperazine rings is 1. The van der Waals surface area contributed by atoms with Gasteiger partial charge in [0.25, 0.3) is 5.88 Å². The van der Waals surface area contributed by atoms with Crippen molar-refractivity contribution in [2.24, 2.45) is 0 Å². The summed E-state index contributed by atoms with van der Waals surface area (Å²) in [5, 5.41) is 19.5. The summed E-state index contributed by atoms with van der Waals surface area (Å²) in [5.74, 6) is 0.143. The summed E-state index contributed by atoms with van der Waals surface area (Å²) in [6.45, 7) is 3.19. The second-order valence-corrected chi connectivity index (χ2v) is 11.1. The molecular formula is C30H26Cl3F3N4O2. The predicted molar refractivity (Wildman–Crippen MR) is 159 cm³/mol.